The highest BCUT2D eigenvalue weighted by molar-refractivity contribution is 9.10. The quantitative estimate of drug-likeness (QED) is 0.823. The molecule has 1 aromatic heterocycles. The van der Waals surface area contributed by atoms with Crippen molar-refractivity contribution in [3.63, 3.8) is 0 Å². The SMILES string of the molecule is CCOC(=O)c1[nH]c2c(c1Br)=CCCC=2. The summed E-state index contributed by atoms with van der Waals surface area (Å²) in [5, 5.41) is 2.08. The molecule has 0 fully saturated rings. The van der Waals surface area contributed by atoms with Gasteiger partial charge in [0.05, 0.1) is 11.1 Å². The van der Waals surface area contributed by atoms with E-state index < -0.39 is 0 Å². The van der Waals surface area contributed by atoms with E-state index >= 15 is 0 Å². The van der Waals surface area contributed by atoms with Crippen LogP contribution in [0.5, 0.6) is 0 Å². The van der Waals surface area contributed by atoms with Crippen LogP contribution in [0.1, 0.15) is 30.3 Å². The van der Waals surface area contributed by atoms with Gasteiger partial charge in [-0.25, -0.2) is 4.79 Å². The van der Waals surface area contributed by atoms with Crippen LogP contribution in [0.3, 0.4) is 0 Å². The molecule has 4 heteroatoms. The first kappa shape index (κ1) is 10.5. The number of nitrogens with one attached hydrogen (secondary N) is 1. The summed E-state index contributed by atoms with van der Waals surface area (Å²) >= 11 is 3.42. The standard InChI is InChI=1S/C11H12BrNO2/c1-2-15-11(14)10-9(12)7-5-3-4-6-8(7)13-10/h5-6,13H,2-4H2,1H3. The van der Waals surface area contributed by atoms with Crippen LogP contribution >= 0.6 is 15.9 Å². The van der Waals surface area contributed by atoms with Gasteiger partial charge in [0.25, 0.3) is 0 Å². The molecule has 15 heavy (non-hydrogen) atoms. The maximum atomic E-state index is 11.6. The van der Waals surface area contributed by atoms with Gasteiger partial charge in [0, 0.05) is 10.6 Å². The number of hydrogen-bond donors (Lipinski definition) is 1. The zero-order chi connectivity index (χ0) is 10.8. The number of H-pyrrole nitrogens is 1. The van der Waals surface area contributed by atoms with Gasteiger partial charge in [-0.2, -0.15) is 0 Å². The van der Waals surface area contributed by atoms with Crippen molar-refractivity contribution in [2.45, 2.75) is 19.8 Å². The molecule has 0 radical (unpaired) electrons. The zero-order valence-electron chi connectivity index (χ0n) is 8.47. The molecule has 0 amide bonds. The molecule has 1 heterocycles. The summed E-state index contributed by atoms with van der Waals surface area (Å²) in [4.78, 5) is 14.7. The van der Waals surface area contributed by atoms with E-state index in [0.717, 1.165) is 27.9 Å². The molecule has 1 aliphatic carbocycles. The van der Waals surface area contributed by atoms with Crippen molar-refractivity contribution in [3.05, 3.63) is 20.7 Å². The maximum absolute atomic E-state index is 11.6. The lowest BCUT2D eigenvalue weighted by Crippen LogP contribution is -2.25. The Morgan fingerprint density at radius 3 is 2.93 bits per heavy atom. The van der Waals surface area contributed by atoms with Gasteiger partial charge in [-0.15, -0.1) is 0 Å². The van der Waals surface area contributed by atoms with Gasteiger partial charge >= 0.3 is 5.97 Å². The minimum Gasteiger partial charge on any atom is -0.461 e. The Balaban J connectivity index is 2.52. The molecule has 1 aliphatic rings. The molecule has 0 bridgehead atoms. The molecule has 0 atom stereocenters. The van der Waals surface area contributed by atoms with Crippen LogP contribution in [-0.4, -0.2) is 17.6 Å². The smallest absolute Gasteiger partial charge is 0.355 e. The van der Waals surface area contributed by atoms with Crippen LogP contribution in [0.25, 0.3) is 12.2 Å². The monoisotopic (exact) mass is 269 g/mol. The van der Waals surface area contributed by atoms with Gasteiger partial charge in [0.2, 0.25) is 0 Å². The Labute approximate surface area is 96.0 Å². The minimum absolute atomic E-state index is 0.305. The first-order chi connectivity index (χ1) is 7.24. The van der Waals surface area contributed by atoms with Gasteiger partial charge in [0.1, 0.15) is 5.69 Å². The summed E-state index contributed by atoms with van der Waals surface area (Å²) in [6, 6.07) is 0. The summed E-state index contributed by atoms with van der Waals surface area (Å²) < 4.78 is 5.77. The Bertz CT molecular complexity index is 501. The van der Waals surface area contributed by atoms with E-state index in [9.17, 15) is 4.79 Å². The van der Waals surface area contributed by atoms with Gasteiger partial charge in [-0.1, -0.05) is 12.2 Å². The molecular formula is C11H12BrNO2. The molecule has 0 aromatic carbocycles. The summed E-state index contributed by atoms with van der Waals surface area (Å²) in [5.74, 6) is -0.305. The number of aromatic amines is 1. The molecule has 0 spiro atoms. The molecule has 0 saturated carbocycles. The first-order valence-corrected chi connectivity index (χ1v) is 5.78. The van der Waals surface area contributed by atoms with Crippen molar-refractivity contribution in [2.24, 2.45) is 0 Å². The van der Waals surface area contributed by atoms with Crippen LogP contribution in [0.2, 0.25) is 0 Å². The molecule has 1 N–H and O–H groups in total. The third-order valence-electron chi connectivity index (χ3n) is 2.35. The maximum Gasteiger partial charge on any atom is 0.355 e. The molecule has 1 aromatic rings. The lowest BCUT2D eigenvalue weighted by molar-refractivity contribution is 0.0519. The van der Waals surface area contributed by atoms with Crippen LogP contribution in [0.4, 0.5) is 0 Å². The molecule has 0 saturated heterocycles. The largest absolute Gasteiger partial charge is 0.461 e. The highest BCUT2D eigenvalue weighted by atomic mass is 79.9. The second-order valence-corrected chi connectivity index (χ2v) is 4.14. The van der Waals surface area contributed by atoms with Crippen LogP contribution in [0.15, 0.2) is 4.47 Å². The van der Waals surface area contributed by atoms with E-state index in [4.69, 9.17) is 4.74 Å². The number of ether oxygens (including phenoxy) is 1. The van der Waals surface area contributed by atoms with Crippen molar-refractivity contribution in [1.82, 2.24) is 4.98 Å². The third kappa shape index (κ3) is 1.86. The summed E-state index contributed by atoms with van der Waals surface area (Å²) in [6.45, 7) is 2.19. The average Bonchev–Trinajstić information content (AvgIpc) is 2.57. The second-order valence-electron chi connectivity index (χ2n) is 3.35. The van der Waals surface area contributed by atoms with Crippen molar-refractivity contribution in [3.8, 4) is 0 Å². The molecule has 0 unspecified atom stereocenters. The Morgan fingerprint density at radius 2 is 2.27 bits per heavy atom. The van der Waals surface area contributed by atoms with Crippen molar-refractivity contribution in [1.29, 1.82) is 0 Å². The number of esters is 1. The summed E-state index contributed by atoms with van der Waals surface area (Å²) in [5.41, 5.74) is 0.510. The van der Waals surface area contributed by atoms with Crippen LogP contribution in [0, 0.1) is 0 Å². The molecule has 0 aliphatic heterocycles. The Hall–Kier alpha value is -1.03. The molecule has 2 rings (SSSR count). The number of carbonyl (C=O) groups excluding carboxylic acids is 1. The second kappa shape index (κ2) is 4.23. The van der Waals surface area contributed by atoms with Crippen LogP contribution in [-0.2, 0) is 4.74 Å². The topological polar surface area (TPSA) is 42.1 Å². The van der Waals surface area contributed by atoms with Gasteiger partial charge in [0.15, 0.2) is 0 Å². The summed E-state index contributed by atoms with van der Waals surface area (Å²) in [6.07, 6.45) is 6.26. The third-order valence-corrected chi connectivity index (χ3v) is 3.17. The van der Waals surface area contributed by atoms with E-state index in [-0.39, 0.29) is 5.97 Å². The van der Waals surface area contributed by atoms with Gasteiger partial charge in [-0.3, -0.25) is 0 Å². The van der Waals surface area contributed by atoms with Crippen molar-refractivity contribution < 1.29 is 9.53 Å². The van der Waals surface area contributed by atoms with Crippen molar-refractivity contribution >= 4 is 34.1 Å². The van der Waals surface area contributed by atoms with E-state index in [0.29, 0.717) is 12.3 Å². The number of halogens is 1. The molecule has 3 nitrogen and oxygen atoms in total. The minimum atomic E-state index is -0.305. The normalized spacial score (nSPS) is 13.7. The van der Waals surface area contributed by atoms with Gasteiger partial charge < -0.3 is 9.72 Å². The predicted octanol–water partition coefficient (Wildman–Crippen LogP) is 1.31. The highest BCUT2D eigenvalue weighted by Crippen LogP contribution is 2.11. The summed E-state index contributed by atoms with van der Waals surface area (Å²) in [7, 11) is 0. The number of rotatable bonds is 2. The van der Waals surface area contributed by atoms with E-state index in [1.165, 1.54) is 0 Å². The lowest BCUT2D eigenvalue weighted by atomic mass is 10.2. The van der Waals surface area contributed by atoms with Crippen LogP contribution < -0.4 is 10.6 Å². The zero-order valence-corrected chi connectivity index (χ0v) is 10.1. The van der Waals surface area contributed by atoms with E-state index in [1.807, 2.05) is 0 Å². The van der Waals surface area contributed by atoms with Gasteiger partial charge in [-0.05, 0) is 35.7 Å². The Morgan fingerprint density at radius 1 is 1.53 bits per heavy atom. The Kier molecular flexibility index (Phi) is 2.95. The molecule has 80 valence electrons. The fourth-order valence-electron chi connectivity index (χ4n) is 1.67. The number of hydrogen-bond acceptors (Lipinski definition) is 2. The fourth-order valence-corrected chi connectivity index (χ4v) is 2.31. The van der Waals surface area contributed by atoms with E-state index in [2.05, 4.69) is 33.1 Å². The van der Waals surface area contributed by atoms with E-state index in [1.54, 1.807) is 6.92 Å². The fraction of sp³-hybridized carbons (Fsp3) is 0.364. The predicted molar refractivity (Wildman–Crippen MR) is 61.9 cm³/mol. The lowest BCUT2D eigenvalue weighted by Gasteiger charge is -1.98. The molecular weight excluding hydrogens is 258 g/mol. The highest BCUT2D eigenvalue weighted by Gasteiger charge is 2.15. The first-order valence-electron chi connectivity index (χ1n) is 4.99. The number of fused-ring (bicyclic) bond motifs is 1. The number of aromatic nitrogens is 1. The van der Waals surface area contributed by atoms with Crippen molar-refractivity contribution in [2.75, 3.05) is 6.61 Å². The number of carbonyl (C=O) groups is 1. The average molecular weight is 270 g/mol.